The van der Waals surface area contributed by atoms with Crippen LogP contribution in [0, 0.1) is 0 Å². The maximum atomic E-state index is 11.3. The van der Waals surface area contributed by atoms with Crippen molar-refractivity contribution in [2.45, 2.75) is 32.8 Å². The summed E-state index contributed by atoms with van der Waals surface area (Å²) >= 11 is 0. The van der Waals surface area contributed by atoms with Gasteiger partial charge in [-0.1, -0.05) is 6.92 Å². The number of esters is 2. The van der Waals surface area contributed by atoms with Crippen molar-refractivity contribution in [3.8, 4) is 0 Å². The summed E-state index contributed by atoms with van der Waals surface area (Å²) in [5.41, 5.74) is -1.46. The molecule has 0 spiro atoms. The quantitative estimate of drug-likeness (QED) is 0.669. The first-order valence-corrected chi connectivity index (χ1v) is 4.40. The number of rotatable bonds is 5. The highest BCUT2D eigenvalue weighted by Crippen LogP contribution is 2.12. The molecule has 0 aliphatic heterocycles. The molecule has 6 heteroatoms. The lowest BCUT2D eigenvalue weighted by Gasteiger charge is -2.22. The minimum atomic E-state index is -1.46. The number of aliphatic carboxylic acids is 1. The molecule has 0 radical (unpaired) electrons. The minimum Gasteiger partial charge on any atom is -0.479 e. The third-order valence-corrected chi connectivity index (χ3v) is 1.48. The summed E-state index contributed by atoms with van der Waals surface area (Å²) in [7, 11) is 0. The van der Waals surface area contributed by atoms with Crippen LogP contribution >= 0.6 is 0 Å². The zero-order chi connectivity index (χ0) is 12.1. The summed E-state index contributed by atoms with van der Waals surface area (Å²) in [5.74, 6) is -2.69. The minimum absolute atomic E-state index is 0.135. The first kappa shape index (κ1) is 13.4. The fraction of sp³-hybridized carbons (Fsp3) is 0.667. The van der Waals surface area contributed by atoms with Crippen molar-refractivity contribution in [3.63, 3.8) is 0 Å². The Bertz CT molecular complexity index is 268. The van der Waals surface area contributed by atoms with E-state index >= 15 is 0 Å². The number of hydrogen-bond acceptors (Lipinski definition) is 5. The fourth-order valence-corrected chi connectivity index (χ4v) is 0.700. The smallest absolute Gasteiger partial charge is 0.350 e. The third-order valence-electron chi connectivity index (χ3n) is 1.48. The van der Waals surface area contributed by atoms with Gasteiger partial charge >= 0.3 is 17.9 Å². The van der Waals surface area contributed by atoms with E-state index in [0.717, 1.165) is 0 Å². The van der Waals surface area contributed by atoms with E-state index in [4.69, 9.17) is 9.84 Å². The summed E-state index contributed by atoms with van der Waals surface area (Å²) in [6.45, 7) is 3.52. The van der Waals surface area contributed by atoms with E-state index in [-0.39, 0.29) is 6.42 Å². The zero-order valence-corrected chi connectivity index (χ0v) is 8.90. The van der Waals surface area contributed by atoms with Crippen LogP contribution in [-0.4, -0.2) is 35.2 Å². The van der Waals surface area contributed by atoms with Gasteiger partial charge in [-0.2, -0.15) is 0 Å². The maximum Gasteiger partial charge on any atom is 0.350 e. The Morgan fingerprint density at radius 1 is 1.27 bits per heavy atom. The van der Waals surface area contributed by atoms with Crippen LogP contribution in [0.15, 0.2) is 0 Å². The summed E-state index contributed by atoms with van der Waals surface area (Å²) in [5, 5.41) is 8.27. The molecule has 0 saturated heterocycles. The van der Waals surface area contributed by atoms with Crippen molar-refractivity contribution in [2.24, 2.45) is 0 Å². The summed E-state index contributed by atoms with van der Waals surface area (Å²) in [6, 6.07) is 0. The van der Waals surface area contributed by atoms with Gasteiger partial charge < -0.3 is 14.6 Å². The molecule has 0 saturated carbocycles. The lowest BCUT2D eigenvalue weighted by Crippen LogP contribution is -2.39. The fourth-order valence-electron chi connectivity index (χ4n) is 0.700. The first-order chi connectivity index (χ1) is 6.79. The molecule has 0 aromatic heterocycles. The highest BCUT2D eigenvalue weighted by molar-refractivity contribution is 5.84. The number of carbonyl (C=O) groups is 3. The highest BCUT2D eigenvalue weighted by Gasteiger charge is 2.33. The molecule has 0 unspecified atom stereocenters. The largest absolute Gasteiger partial charge is 0.479 e. The Kier molecular flexibility index (Phi) is 4.77. The molecule has 0 amide bonds. The number of ether oxygens (including phenoxy) is 2. The number of hydrogen-bond donors (Lipinski definition) is 1. The van der Waals surface area contributed by atoms with Crippen molar-refractivity contribution >= 4 is 17.9 Å². The van der Waals surface area contributed by atoms with Gasteiger partial charge in [0.05, 0.1) is 0 Å². The monoisotopic (exact) mass is 218 g/mol. The third kappa shape index (κ3) is 4.99. The van der Waals surface area contributed by atoms with Crippen LogP contribution in [0.25, 0.3) is 0 Å². The average molecular weight is 218 g/mol. The molecular weight excluding hydrogens is 204 g/mol. The van der Waals surface area contributed by atoms with Crippen LogP contribution in [0.2, 0.25) is 0 Å². The molecule has 0 fully saturated rings. The van der Waals surface area contributed by atoms with E-state index in [1.807, 2.05) is 0 Å². The molecule has 0 atom stereocenters. The SMILES string of the molecule is CCC(=O)OC(C)(C)C(=O)OCC(=O)O. The molecule has 0 bridgehead atoms. The Labute approximate surface area is 87.2 Å². The van der Waals surface area contributed by atoms with Crippen molar-refractivity contribution < 1.29 is 29.0 Å². The van der Waals surface area contributed by atoms with Gasteiger partial charge in [-0.25, -0.2) is 9.59 Å². The average Bonchev–Trinajstić information content (AvgIpc) is 2.13. The van der Waals surface area contributed by atoms with E-state index in [0.29, 0.717) is 0 Å². The predicted octanol–water partition coefficient (Wildman–Crippen LogP) is 0.346. The second-order valence-corrected chi connectivity index (χ2v) is 3.31. The van der Waals surface area contributed by atoms with E-state index in [1.165, 1.54) is 13.8 Å². The van der Waals surface area contributed by atoms with Crippen LogP contribution in [0.5, 0.6) is 0 Å². The number of carboxylic acids is 1. The standard InChI is InChI=1S/C9H14O6/c1-4-7(12)15-9(2,3)8(13)14-5-6(10)11/h4-5H2,1-3H3,(H,10,11). The Hall–Kier alpha value is -1.59. The van der Waals surface area contributed by atoms with Crippen LogP contribution in [-0.2, 0) is 23.9 Å². The lowest BCUT2D eigenvalue weighted by atomic mass is 10.1. The van der Waals surface area contributed by atoms with Crippen LogP contribution in [0.1, 0.15) is 27.2 Å². The summed E-state index contributed by atoms with van der Waals surface area (Å²) in [4.78, 5) is 32.3. The van der Waals surface area contributed by atoms with Crippen molar-refractivity contribution in [1.29, 1.82) is 0 Å². The predicted molar refractivity (Wildman–Crippen MR) is 49.1 cm³/mol. The molecule has 86 valence electrons. The van der Waals surface area contributed by atoms with Crippen LogP contribution in [0.4, 0.5) is 0 Å². The normalized spacial score (nSPS) is 10.6. The van der Waals surface area contributed by atoms with Gasteiger partial charge in [0.1, 0.15) is 0 Å². The Morgan fingerprint density at radius 2 is 1.80 bits per heavy atom. The number of carbonyl (C=O) groups excluding carboxylic acids is 2. The molecule has 0 aromatic rings. The first-order valence-electron chi connectivity index (χ1n) is 4.40. The van der Waals surface area contributed by atoms with Crippen LogP contribution in [0.3, 0.4) is 0 Å². The molecule has 0 aliphatic carbocycles. The van der Waals surface area contributed by atoms with E-state index < -0.39 is 30.1 Å². The summed E-state index contributed by atoms with van der Waals surface area (Å²) < 4.78 is 9.17. The molecular formula is C9H14O6. The molecule has 0 aromatic carbocycles. The van der Waals surface area contributed by atoms with Crippen molar-refractivity contribution in [3.05, 3.63) is 0 Å². The number of carboxylic acid groups (broad SMARTS) is 1. The maximum absolute atomic E-state index is 11.3. The second-order valence-electron chi connectivity index (χ2n) is 3.31. The van der Waals surface area contributed by atoms with Crippen molar-refractivity contribution in [2.75, 3.05) is 6.61 Å². The lowest BCUT2D eigenvalue weighted by molar-refractivity contribution is -0.180. The molecule has 1 N–H and O–H groups in total. The zero-order valence-electron chi connectivity index (χ0n) is 8.90. The van der Waals surface area contributed by atoms with E-state index in [1.54, 1.807) is 6.92 Å². The molecule has 0 heterocycles. The van der Waals surface area contributed by atoms with Gasteiger partial charge in [-0.15, -0.1) is 0 Å². The van der Waals surface area contributed by atoms with Crippen molar-refractivity contribution in [1.82, 2.24) is 0 Å². The Balaban J connectivity index is 4.25. The van der Waals surface area contributed by atoms with Gasteiger partial charge in [-0.05, 0) is 13.8 Å². The van der Waals surface area contributed by atoms with Crippen LogP contribution < -0.4 is 0 Å². The summed E-state index contributed by atoms with van der Waals surface area (Å²) in [6.07, 6.45) is 0.135. The van der Waals surface area contributed by atoms with Gasteiger partial charge in [0, 0.05) is 6.42 Å². The highest BCUT2D eigenvalue weighted by atomic mass is 16.6. The molecule has 6 nitrogen and oxygen atoms in total. The second kappa shape index (κ2) is 5.33. The molecule has 0 rings (SSSR count). The Morgan fingerprint density at radius 3 is 2.20 bits per heavy atom. The van der Waals surface area contributed by atoms with Gasteiger partial charge in [0.2, 0.25) is 5.60 Å². The van der Waals surface area contributed by atoms with E-state index in [2.05, 4.69) is 4.74 Å². The van der Waals surface area contributed by atoms with Gasteiger partial charge in [0.25, 0.3) is 0 Å². The molecule has 0 aliphatic rings. The van der Waals surface area contributed by atoms with Gasteiger partial charge in [0.15, 0.2) is 6.61 Å². The topological polar surface area (TPSA) is 89.9 Å². The van der Waals surface area contributed by atoms with Gasteiger partial charge in [-0.3, -0.25) is 4.79 Å². The van der Waals surface area contributed by atoms with E-state index in [9.17, 15) is 14.4 Å². The molecule has 15 heavy (non-hydrogen) atoms.